The first-order chi connectivity index (χ1) is 8.76. The van der Waals surface area contributed by atoms with E-state index in [9.17, 15) is 0 Å². The summed E-state index contributed by atoms with van der Waals surface area (Å²) in [6.07, 6.45) is 2.97. The van der Waals surface area contributed by atoms with Gasteiger partial charge in [0, 0.05) is 6.42 Å². The zero-order chi connectivity index (χ0) is 13.0. The van der Waals surface area contributed by atoms with Crippen LogP contribution in [0.5, 0.6) is 11.5 Å². The Morgan fingerprint density at radius 3 is 2.50 bits per heavy atom. The topological polar surface area (TPSA) is 44.5 Å². The standard InChI is InChI=1S/C15H23NO2/c1-3-12-9-14-15(18-8-4-7-17-14)10-13(12)11(2)5-6-16/h9-11H,3-8,16H2,1-2H3. The number of hydrogen-bond acceptors (Lipinski definition) is 3. The van der Waals surface area contributed by atoms with Crippen LogP contribution in [0, 0.1) is 0 Å². The van der Waals surface area contributed by atoms with E-state index in [-0.39, 0.29) is 0 Å². The fraction of sp³-hybridized carbons (Fsp3) is 0.600. The van der Waals surface area contributed by atoms with Crippen molar-refractivity contribution in [2.24, 2.45) is 5.73 Å². The van der Waals surface area contributed by atoms with Gasteiger partial charge in [-0.3, -0.25) is 0 Å². The van der Waals surface area contributed by atoms with Crippen molar-refractivity contribution in [3.8, 4) is 11.5 Å². The predicted molar refractivity (Wildman–Crippen MR) is 73.5 cm³/mol. The third-order valence-electron chi connectivity index (χ3n) is 3.52. The molecule has 2 N–H and O–H groups in total. The quantitative estimate of drug-likeness (QED) is 0.892. The summed E-state index contributed by atoms with van der Waals surface area (Å²) in [7, 11) is 0. The van der Waals surface area contributed by atoms with Gasteiger partial charge >= 0.3 is 0 Å². The molecule has 0 amide bonds. The number of benzene rings is 1. The molecule has 0 radical (unpaired) electrons. The fourth-order valence-electron chi connectivity index (χ4n) is 2.44. The molecule has 3 nitrogen and oxygen atoms in total. The minimum absolute atomic E-state index is 0.474. The first kappa shape index (κ1) is 13.2. The predicted octanol–water partition coefficient (Wildman–Crippen LogP) is 2.86. The van der Waals surface area contributed by atoms with Crippen molar-refractivity contribution in [3.05, 3.63) is 23.3 Å². The van der Waals surface area contributed by atoms with Crippen molar-refractivity contribution in [1.29, 1.82) is 0 Å². The Bertz CT molecular complexity index is 404. The summed E-state index contributed by atoms with van der Waals surface area (Å²) in [5.74, 6) is 2.26. The molecule has 1 aromatic carbocycles. The zero-order valence-corrected chi connectivity index (χ0v) is 11.4. The molecule has 1 aromatic rings. The monoisotopic (exact) mass is 249 g/mol. The van der Waals surface area contributed by atoms with Gasteiger partial charge in [-0.15, -0.1) is 0 Å². The molecule has 1 aliphatic rings. The highest BCUT2D eigenvalue weighted by molar-refractivity contribution is 5.49. The number of hydrogen-bond donors (Lipinski definition) is 1. The molecule has 1 unspecified atom stereocenters. The molecule has 0 aromatic heterocycles. The van der Waals surface area contributed by atoms with Gasteiger partial charge < -0.3 is 15.2 Å². The molecular weight excluding hydrogens is 226 g/mol. The van der Waals surface area contributed by atoms with Gasteiger partial charge in [-0.2, -0.15) is 0 Å². The largest absolute Gasteiger partial charge is 0.490 e. The van der Waals surface area contributed by atoms with Gasteiger partial charge in [0.2, 0.25) is 0 Å². The molecule has 1 aliphatic heterocycles. The molecule has 1 atom stereocenters. The van der Waals surface area contributed by atoms with Crippen LogP contribution in [0.15, 0.2) is 12.1 Å². The number of aryl methyl sites for hydroxylation is 1. The van der Waals surface area contributed by atoms with Crippen molar-refractivity contribution >= 4 is 0 Å². The summed E-state index contributed by atoms with van der Waals surface area (Å²) in [6.45, 7) is 6.61. The van der Waals surface area contributed by atoms with Crippen LogP contribution >= 0.6 is 0 Å². The van der Waals surface area contributed by atoms with Crippen LogP contribution in [0.1, 0.15) is 43.7 Å². The molecule has 0 spiro atoms. The molecule has 100 valence electrons. The summed E-state index contributed by atoms with van der Waals surface area (Å²) >= 11 is 0. The van der Waals surface area contributed by atoms with E-state index >= 15 is 0 Å². The van der Waals surface area contributed by atoms with Gasteiger partial charge in [0.25, 0.3) is 0 Å². The van der Waals surface area contributed by atoms with E-state index in [0.717, 1.165) is 50.5 Å². The lowest BCUT2D eigenvalue weighted by Gasteiger charge is -2.18. The van der Waals surface area contributed by atoms with Crippen LogP contribution in [0.4, 0.5) is 0 Å². The lowest BCUT2D eigenvalue weighted by atomic mass is 9.91. The lowest BCUT2D eigenvalue weighted by Crippen LogP contribution is -2.07. The first-order valence-corrected chi connectivity index (χ1v) is 6.88. The van der Waals surface area contributed by atoms with E-state index in [1.165, 1.54) is 11.1 Å². The molecule has 0 aliphatic carbocycles. The molecule has 18 heavy (non-hydrogen) atoms. The van der Waals surface area contributed by atoms with E-state index in [1.54, 1.807) is 0 Å². The van der Waals surface area contributed by atoms with E-state index in [2.05, 4.69) is 26.0 Å². The van der Waals surface area contributed by atoms with Crippen LogP contribution in [-0.2, 0) is 6.42 Å². The zero-order valence-electron chi connectivity index (χ0n) is 11.4. The van der Waals surface area contributed by atoms with E-state index < -0.39 is 0 Å². The maximum atomic E-state index is 5.76. The Kier molecular flexibility index (Phi) is 4.48. The highest BCUT2D eigenvalue weighted by Gasteiger charge is 2.17. The maximum absolute atomic E-state index is 5.76. The molecule has 1 heterocycles. The van der Waals surface area contributed by atoms with E-state index in [0.29, 0.717) is 5.92 Å². The number of ether oxygens (including phenoxy) is 2. The summed E-state index contributed by atoms with van der Waals surface area (Å²) in [4.78, 5) is 0. The van der Waals surface area contributed by atoms with Gasteiger partial charge in [-0.1, -0.05) is 13.8 Å². The molecule has 2 rings (SSSR count). The van der Waals surface area contributed by atoms with E-state index in [1.807, 2.05) is 0 Å². The van der Waals surface area contributed by atoms with Crippen LogP contribution in [-0.4, -0.2) is 19.8 Å². The fourth-order valence-corrected chi connectivity index (χ4v) is 2.44. The second-order valence-electron chi connectivity index (χ2n) is 4.88. The molecular formula is C15H23NO2. The first-order valence-electron chi connectivity index (χ1n) is 6.88. The van der Waals surface area contributed by atoms with Crippen molar-refractivity contribution in [3.63, 3.8) is 0 Å². The Morgan fingerprint density at radius 2 is 1.89 bits per heavy atom. The van der Waals surface area contributed by atoms with Crippen molar-refractivity contribution in [1.82, 2.24) is 0 Å². The second kappa shape index (κ2) is 6.10. The average Bonchev–Trinajstić information content (AvgIpc) is 2.61. The normalized spacial score (nSPS) is 16.2. The van der Waals surface area contributed by atoms with Crippen LogP contribution in [0.3, 0.4) is 0 Å². The van der Waals surface area contributed by atoms with Gasteiger partial charge in [0.15, 0.2) is 11.5 Å². The number of fused-ring (bicyclic) bond motifs is 1. The summed E-state index contributed by atoms with van der Waals surface area (Å²) in [5.41, 5.74) is 8.37. The summed E-state index contributed by atoms with van der Waals surface area (Å²) in [5, 5.41) is 0. The Labute approximate surface area is 109 Å². The Hall–Kier alpha value is -1.22. The highest BCUT2D eigenvalue weighted by Crippen LogP contribution is 2.36. The van der Waals surface area contributed by atoms with Gasteiger partial charge in [-0.05, 0) is 48.6 Å². The van der Waals surface area contributed by atoms with Crippen LogP contribution in [0.2, 0.25) is 0 Å². The minimum atomic E-state index is 0.474. The second-order valence-corrected chi connectivity index (χ2v) is 4.88. The van der Waals surface area contributed by atoms with Gasteiger partial charge in [0.05, 0.1) is 13.2 Å². The SMILES string of the molecule is CCc1cc2c(cc1C(C)CCN)OCCCO2. The van der Waals surface area contributed by atoms with Gasteiger partial charge in [-0.25, -0.2) is 0 Å². The number of nitrogens with two attached hydrogens (primary N) is 1. The third kappa shape index (κ3) is 2.78. The van der Waals surface area contributed by atoms with Crippen molar-refractivity contribution in [2.75, 3.05) is 19.8 Å². The van der Waals surface area contributed by atoms with Crippen LogP contribution < -0.4 is 15.2 Å². The van der Waals surface area contributed by atoms with Crippen LogP contribution in [0.25, 0.3) is 0 Å². The third-order valence-corrected chi connectivity index (χ3v) is 3.52. The molecule has 0 saturated heterocycles. The average molecular weight is 249 g/mol. The minimum Gasteiger partial charge on any atom is -0.490 e. The smallest absolute Gasteiger partial charge is 0.161 e. The lowest BCUT2D eigenvalue weighted by molar-refractivity contribution is 0.297. The molecule has 0 saturated carbocycles. The van der Waals surface area contributed by atoms with Crippen molar-refractivity contribution in [2.45, 2.75) is 39.0 Å². The highest BCUT2D eigenvalue weighted by atomic mass is 16.5. The summed E-state index contributed by atoms with van der Waals surface area (Å²) in [6, 6.07) is 4.29. The maximum Gasteiger partial charge on any atom is 0.161 e. The van der Waals surface area contributed by atoms with Gasteiger partial charge in [0.1, 0.15) is 0 Å². The molecule has 0 bridgehead atoms. The Morgan fingerprint density at radius 1 is 1.22 bits per heavy atom. The molecule has 0 fully saturated rings. The molecule has 3 heteroatoms. The summed E-state index contributed by atoms with van der Waals surface area (Å²) < 4.78 is 11.5. The Balaban J connectivity index is 2.36. The van der Waals surface area contributed by atoms with Crippen molar-refractivity contribution < 1.29 is 9.47 Å². The number of rotatable bonds is 4. The van der Waals surface area contributed by atoms with E-state index in [4.69, 9.17) is 15.2 Å².